The highest BCUT2D eigenvalue weighted by molar-refractivity contribution is 4.42. The van der Waals surface area contributed by atoms with Gasteiger partial charge in [0, 0.05) is 13.7 Å². The van der Waals surface area contributed by atoms with Gasteiger partial charge in [0.15, 0.2) is 0 Å². The molecule has 0 aliphatic carbocycles. The lowest BCUT2D eigenvalue weighted by Crippen LogP contribution is -1.93. The zero-order valence-corrected chi connectivity index (χ0v) is 4.81. The fourth-order valence-corrected chi connectivity index (χ4v) is 0.234. The predicted octanol–water partition coefficient (Wildman–Crippen LogP) is 0.831. The minimum absolute atomic E-state index is 0.577. The molecule has 0 saturated carbocycles. The largest absolute Gasteiger partial charge is 0.382 e. The Balaban J connectivity index is 2.45. The Morgan fingerprint density at radius 1 is 1.57 bits per heavy atom. The smallest absolute Gasteiger partial charge is 0.109 e. The van der Waals surface area contributed by atoms with Gasteiger partial charge in [-0.3, -0.25) is 0 Å². The highest BCUT2D eigenvalue weighted by Gasteiger charge is 1.79. The molecule has 0 fully saturated rings. The van der Waals surface area contributed by atoms with Crippen LogP contribution in [0.5, 0.6) is 0 Å². The first-order valence-corrected chi connectivity index (χ1v) is 2.34. The number of ether oxygens (including phenoxy) is 2. The Bertz CT molecular complexity index is 25.3. The Morgan fingerprint density at radius 2 is 2.29 bits per heavy atom. The van der Waals surface area contributed by atoms with E-state index in [1.165, 1.54) is 0 Å². The van der Waals surface area contributed by atoms with E-state index in [9.17, 15) is 0 Å². The van der Waals surface area contributed by atoms with Crippen molar-refractivity contribution in [2.75, 3.05) is 20.3 Å². The van der Waals surface area contributed by atoms with Crippen LogP contribution < -0.4 is 0 Å². The fraction of sp³-hybridized carbons (Fsp3) is 0.800. The van der Waals surface area contributed by atoms with Gasteiger partial charge in [-0.05, 0) is 6.92 Å². The third-order valence-electron chi connectivity index (χ3n) is 0.519. The van der Waals surface area contributed by atoms with E-state index in [0.717, 1.165) is 6.61 Å². The second-order valence-electron chi connectivity index (χ2n) is 1.08. The van der Waals surface area contributed by atoms with E-state index in [4.69, 9.17) is 4.74 Å². The molecule has 0 aliphatic rings. The summed E-state index contributed by atoms with van der Waals surface area (Å²) in [6.45, 7) is 4.88. The summed E-state index contributed by atoms with van der Waals surface area (Å²) < 4.78 is 9.49. The maximum Gasteiger partial charge on any atom is 0.109 e. The van der Waals surface area contributed by atoms with Crippen LogP contribution in [0.1, 0.15) is 6.92 Å². The van der Waals surface area contributed by atoms with Crippen LogP contribution in [0.15, 0.2) is 0 Å². The standard InChI is InChI=1S/C5H11O2/c1-3-7-5-4-6-2/h5H,3-4H2,1-2H3. The average Bonchev–Trinajstić information content (AvgIpc) is 1.69. The Morgan fingerprint density at radius 3 is 2.71 bits per heavy atom. The Kier molecular flexibility index (Phi) is 5.85. The maximum atomic E-state index is 4.82. The molecular weight excluding hydrogens is 92.1 g/mol. The third-order valence-corrected chi connectivity index (χ3v) is 0.519. The average molecular weight is 103 g/mol. The van der Waals surface area contributed by atoms with Crippen molar-refractivity contribution in [2.45, 2.75) is 6.92 Å². The quantitative estimate of drug-likeness (QED) is 0.491. The number of rotatable bonds is 4. The van der Waals surface area contributed by atoms with Gasteiger partial charge in [0.25, 0.3) is 0 Å². The number of hydrogen-bond donors (Lipinski definition) is 0. The second-order valence-corrected chi connectivity index (χ2v) is 1.08. The van der Waals surface area contributed by atoms with Crippen molar-refractivity contribution in [2.24, 2.45) is 0 Å². The lowest BCUT2D eigenvalue weighted by atomic mass is 10.7. The van der Waals surface area contributed by atoms with Crippen LogP contribution in [0.2, 0.25) is 0 Å². The van der Waals surface area contributed by atoms with Crippen LogP contribution in [0.3, 0.4) is 0 Å². The zero-order valence-electron chi connectivity index (χ0n) is 4.81. The number of methoxy groups -OCH3 is 1. The number of hydrogen-bond acceptors (Lipinski definition) is 2. The first-order chi connectivity index (χ1) is 3.41. The Hall–Kier alpha value is -0.0800. The summed E-state index contributed by atoms with van der Waals surface area (Å²) in [7, 11) is 1.63. The van der Waals surface area contributed by atoms with Crippen LogP contribution in [0, 0.1) is 6.61 Å². The van der Waals surface area contributed by atoms with Crippen molar-refractivity contribution < 1.29 is 9.47 Å². The van der Waals surface area contributed by atoms with E-state index < -0.39 is 0 Å². The van der Waals surface area contributed by atoms with Crippen LogP contribution in [0.4, 0.5) is 0 Å². The molecule has 0 bridgehead atoms. The zero-order chi connectivity index (χ0) is 5.54. The molecule has 0 amide bonds. The van der Waals surface area contributed by atoms with E-state index in [2.05, 4.69) is 4.74 Å². The highest BCUT2D eigenvalue weighted by Crippen LogP contribution is 1.78. The van der Waals surface area contributed by atoms with E-state index in [0.29, 0.717) is 6.61 Å². The third kappa shape index (κ3) is 5.92. The molecular formula is C5H11O2. The molecule has 0 saturated heterocycles. The van der Waals surface area contributed by atoms with Crippen LogP contribution >= 0.6 is 0 Å². The molecule has 2 heteroatoms. The maximum absolute atomic E-state index is 4.82. The summed E-state index contributed by atoms with van der Waals surface area (Å²) in [6, 6.07) is 0. The summed E-state index contributed by atoms with van der Waals surface area (Å²) in [6.07, 6.45) is 0. The van der Waals surface area contributed by atoms with Crippen LogP contribution in [0.25, 0.3) is 0 Å². The van der Waals surface area contributed by atoms with Crippen molar-refractivity contribution in [1.82, 2.24) is 0 Å². The minimum Gasteiger partial charge on any atom is -0.382 e. The molecule has 0 aliphatic heterocycles. The molecule has 43 valence electrons. The Labute approximate surface area is 44.4 Å². The second kappa shape index (κ2) is 5.92. The first-order valence-electron chi connectivity index (χ1n) is 2.34. The molecule has 0 N–H and O–H groups in total. The molecule has 2 nitrogen and oxygen atoms in total. The molecule has 0 atom stereocenters. The molecule has 0 aromatic rings. The van der Waals surface area contributed by atoms with Gasteiger partial charge in [0.1, 0.15) is 6.61 Å². The predicted molar refractivity (Wildman–Crippen MR) is 27.8 cm³/mol. The van der Waals surface area contributed by atoms with Gasteiger partial charge in [-0.25, -0.2) is 0 Å². The van der Waals surface area contributed by atoms with Crippen molar-refractivity contribution in [1.29, 1.82) is 0 Å². The molecule has 0 aromatic heterocycles. The highest BCUT2D eigenvalue weighted by atomic mass is 16.5. The lowest BCUT2D eigenvalue weighted by molar-refractivity contribution is 0.129. The molecule has 1 radical (unpaired) electrons. The van der Waals surface area contributed by atoms with Gasteiger partial charge in [-0.2, -0.15) is 0 Å². The monoisotopic (exact) mass is 103 g/mol. The summed E-state index contributed by atoms with van der Waals surface area (Å²) >= 11 is 0. The van der Waals surface area contributed by atoms with E-state index in [-0.39, 0.29) is 0 Å². The topological polar surface area (TPSA) is 18.5 Å². The minimum atomic E-state index is 0.577. The van der Waals surface area contributed by atoms with Crippen LogP contribution in [-0.4, -0.2) is 20.3 Å². The van der Waals surface area contributed by atoms with Gasteiger partial charge in [0.2, 0.25) is 0 Å². The van der Waals surface area contributed by atoms with Gasteiger partial charge >= 0.3 is 0 Å². The van der Waals surface area contributed by atoms with E-state index >= 15 is 0 Å². The van der Waals surface area contributed by atoms with Crippen LogP contribution in [-0.2, 0) is 9.47 Å². The SMILES string of the molecule is CCO[CH]COC. The normalized spacial score (nSPS) is 9.43. The molecule has 0 rings (SSSR count). The lowest BCUT2D eigenvalue weighted by Gasteiger charge is -1.94. The summed E-state index contributed by atoms with van der Waals surface area (Å²) in [5.74, 6) is 0. The van der Waals surface area contributed by atoms with Crippen molar-refractivity contribution in [3.63, 3.8) is 0 Å². The summed E-state index contributed by atoms with van der Waals surface area (Å²) in [5.41, 5.74) is 0. The molecule has 0 aromatic carbocycles. The molecule has 0 heterocycles. The van der Waals surface area contributed by atoms with Gasteiger partial charge < -0.3 is 9.47 Å². The fourth-order valence-electron chi connectivity index (χ4n) is 0.234. The summed E-state index contributed by atoms with van der Waals surface area (Å²) in [4.78, 5) is 0. The van der Waals surface area contributed by atoms with Gasteiger partial charge in [0.05, 0.1) is 6.61 Å². The van der Waals surface area contributed by atoms with Gasteiger partial charge in [-0.15, -0.1) is 0 Å². The van der Waals surface area contributed by atoms with Crippen molar-refractivity contribution in [3.05, 3.63) is 6.61 Å². The molecule has 0 spiro atoms. The molecule has 0 unspecified atom stereocenters. The molecule has 7 heavy (non-hydrogen) atoms. The first kappa shape index (κ1) is 6.92. The van der Waals surface area contributed by atoms with Gasteiger partial charge in [-0.1, -0.05) is 0 Å². The van der Waals surface area contributed by atoms with E-state index in [1.807, 2.05) is 6.92 Å². The summed E-state index contributed by atoms with van der Waals surface area (Å²) in [5, 5.41) is 0. The van der Waals surface area contributed by atoms with E-state index in [1.54, 1.807) is 13.7 Å². The van der Waals surface area contributed by atoms with Crippen molar-refractivity contribution >= 4 is 0 Å². The van der Waals surface area contributed by atoms with Crippen molar-refractivity contribution in [3.8, 4) is 0 Å².